The Bertz CT molecular complexity index is 768. The smallest absolute Gasteiger partial charge is 0.274 e. The molecule has 20 heavy (non-hydrogen) atoms. The zero-order valence-electron chi connectivity index (χ0n) is 10.9. The van der Waals surface area contributed by atoms with Gasteiger partial charge in [0.25, 0.3) is 5.56 Å². The molecule has 3 rings (SSSR count). The standard InChI is InChI=1S/C13H14FN3O3/c1-17-13(19)8-4-11(18)15-5-9(8)12(16-17)7-2-3-20-6-10(7)14/h4-5,7,10H,2-3,6H2,1H3,(H,15,18)/t7-,10-/m1/s1. The van der Waals surface area contributed by atoms with Crippen LogP contribution >= 0.6 is 0 Å². The highest BCUT2D eigenvalue weighted by atomic mass is 19.1. The van der Waals surface area contributed by atoms with Crippen LogP contribution in [0.1, 0.15) is 18.0 Å². The molecule has 7 heteroatoms. The number of halogens is 1. The van der Waals surface area contributed by atoms with Gasteiger partial charge in [0.1, 0.15) is 6.17 Å². The van der Waals surface area contributed by atoms with Crippen LogP contribution in [0.15, 0.2) is 21.9 Å². The number of ether oxygens (including phenoxy) is 1. The maximum Gasteiger partial charge on any atom is 0.274 e. The number of pyridine rings is 1. The van der Waals surface area contributed by atoms with Crippen LogP contribution in [0.2, 0.25) is 0 Å². The predicted octanol–water partition coefficient (Wildman–Crippen LogP) is 0.464. The Labute approximate surface area is 113 Å². The second-order valence-corrected chi connectivity index (χ2v) is 4.92. The van der Waals surface area contributed by atoms with Gasteiger partial charge in [0.15, 0.2) is 0 Å². The summed E-state index contributed by atoms with van der Waals surface area (Å²) in [5.41, 5.74) is -0.234. The van der Waals surface area contributed by atoms with E-state index in [4.69, 9.17) is 4.74 Å². The van der Waals surface area contributed by atoms with Crippen LogP contribution in [0, 0.1) is 0 Å². The van der Waals surface area contributed by atoms with Crippen LogP contribution in [0.4, 0.5) is 4.39 Å². The van der Waals surface area contributed by atoms with Crippen LogP contribution in [0.3, 0.4) is 0 Å². The summed E-state index contributed by atoms with van der Waals surface area (Å²) in [6.45, 7) is 0.487. The summed E-state index contributed by atoms with van der Waals surface area (Å²) in [6, 6.07) is 1.23. The number of rotatable bonds is 1. The van der Waals surface area contributed by atoms with E-state index in [0.29, 0.717) is 24.1 Å². The van der Waals surface area contributed by atoms with Crippen molar-refractivity contribution < 1.29 is 9.13 Å². The SMILES string of the molecule is Cn1nc([C@@H]2CCOC[C@H]2F)c2c[nH]c(=O)cc2c1=O. The van der Waals surface area contributed by atoms with Crippen molar-refractivity contribution in [2.24, 2.45) is 7.05 Å². The first kappa shape index (κ1) is 13.0. The highest BCUT2D eigenvalue weighted by Gasteiger charge is 2.30. The van der Waals surface area contributed by atoms with Crippen LogP contribution < -0.4 is 11.1 Å². The second kappa shape index (κ2) is 4.82. The zero-order valence-corrected chi connectivity index (χ0v) is 10.9. The molecule has 1 aliphatic heterocycles. The third kappa shape index (κ3) is 2.03. The number of nitrogens with zero attached hydrogens (tertiary/aromatic N) is 2. The maximum absolute atomic E-state index is 14.0. The quantitative estimate of drug-likeness (QED) is 0.823. The fourth-order valence-electron chi connectivity index (χ4n) is 2.58. The average molecular weight is 279 g/mol. The summed E-state index contributed by atoms with van der Waals surface area (Å²) < 4.78 is 20.3. The molecule has 0 radical (unpaired) electrons. The number of nitrogens with one attached hydrogen (secondary N) is 1. The van der Waals surface area contributed by atoms with Crippen LogP contribution in [0.25, 0.3) is 10.8 Å². The molecule has 3 heterocycles. The number of H-pyrrole nitrogens is 1. The van der Waals surface area contributed by atoms with E-state index in [0.717, 1.165) is 4.68 Å². The molecule has 1 saturated heterocycles. The Morgan fingerprint density at radius 1 is 1.45 bits per heavy atom. The number of aryl methyl sites for hydroxylation is 1. The second-order valence-electron chi connectivity index (χ2n) is 4.92. The van der Waals surface area contributed by atoms with Crippen LogP contribution in [0.5, 0.6) is 0 Å². The fourth-order valence-corrected chi connectivity index (χ4v) is 2.58. The molecule has 1 aliphatic rings. The Morgan fingerprint density at radius 3 is 3.00 bits per heavy atom. The van der Waals surface area contributed by atoms with E-state index in [-0.39, 0.29) is 23.1 Å². The van der Waals surface area contributed by atoms with Gasteiger partial charge in [-0.1, -0.05) is 0 Å². The molecular weight excluding hydrogens is 265 g/mol. The largest absolute Gasteiger partial charge is 0.378 e. The molecule has 0 bridgehead atoms. The lowest BCUT2D eigenvalue weighted by atomic mass is 9.92. The van der Waals surface area contributed by atoms with Gasteiger partial charge in [0.05, 0.1) is 17.7 Å². The lowest BCUT2D eigenvalue weighted by molar-refractivity contribution is 0.0209. The van der Waals surface area contributed by atoms with Crippen molar-refractivity contribution in [2.75, 3.05) is 13.2 Å². The fraction of sp³-hybridized carbons (Fsp3) is 0.462. The third-order valence-corrected chi connectivity index (χ3v) is 3.62. The van der Waals surface area contributed by atoms with Gasteiger partial charge < -0.3 is 9.72 Å². The van der Waals surface area contributed by atoms with E-state index in [1.165, 1.54) is 19.3 Å². The van der Waals surface area contributed by atoms with Crippen molar-refractivity contribution in [3.8, 4) is 0 Å². The van der Waals surface area contributed by atoms with Gasteiger partial charge in [-0.2, -0.15) is 5.10 Å². The van der Waals surface area contributed by atoms with Crippen molar-refractivity contribution in [3.05, 3.63) is 38.7 Å². The Kier molecular flexibility index (Phi) is 3.13. The normalized spacial score (nSPS) is 23.1. The Balaban J connectivity index is 2.27. The lowest BCUT2D eigenvalue weighted by Crippen LogP contribution is -2.31. The molecule has 6 nitrogen and oxygen atoms in total. The van der Waals surface area contributed by atoms with Crippen LogP contribution in [-0.4, -0.2) is 34.1 Å². The summed E-state index contributed by atoms with van der Waals surface area (Å²) in [5.74, 6) is -0.427. The van der Waals surface area contributed by atoms with Gasteiger partial charge in [-0.05, 0) is 6.42 Å². The van der Waals surface area contributed by atoms with Gasteiger partial charge >= 0.3 is 0 Å². The van der Waals surface area contributed by atoms with E-state index in [2.05, 4.69) is 10.1 Å². The molecule has 106 valence electrons. The van der Waals surface area contributed by atoms with E-state index in [9.17, 15) is 14.0 Å². The van der Waals surface area contributed by atoms with Crippen LogP contribution in [-0.2, 0) is 11.8 Å². The first-order valence-corrected chi connectivity index (χ1v) is 6.39. The van der Waals surface area contributed by atoms with Crippen molar-refractivity contribution in [3.63, 3.8) is 0 Å². The Hall–Kier alpha value is -2.02. The molecular formula is C13H14FN3O3. The van der Waals surface area contributed by atoms with E-state index in [1.807, 2.05) is 0 Å². The maximum atomic E-state index is 14.0. The van der Waals surface area contributed by atoms with Crippen molar-refractivity contribution in [1.82, 2.24) is 14.8 Å². The molecule has 2 aromatic heterocycles. The van der Waals surface area contributed by atoms with Crippen molar-refractivity contribution in [1.29, 1.82) is 0 Å². The molecule has 0 aromatic carbocycles. The van der Waals surface area contributed by atoms with Crippen molar-refractivity contribution >= 4 is 10.8 Å². The van der Waals surface area contributed by atoms with Gasteiger partial charge in [0.2, 0.25) is 5.56 Å². The van der Waals surface area contributed by atoms with E-state index in [1.54, 1.807) is 0 Å². The molecule has 0 amide bonds. The number of hydrogen-bond acceptors (Lipinski definition) is 4. The molecule has 2 atom stereocenters. The zero-order chi connectivity index (χ0) is 14.3. The molecule has 1 N–H and O–H groups in total. The number of aromatic amines is 1. The molecule has 0 spiro atoms. The minimum absolute atomic E-state index is 0.0278. The molecule has 0 saturated carbocycles. The summed E-state index contributed by atoms with van der Waals surface area (Å²) >= 11 is 0. The monoisotopic (exact) mass is 279 g/mol. The summed E-state index contributed by atoms with van der Waals surface area (Å²) in [7, 11) is 1.50. The first-order valence-electron chi connectivity index (χ1n) is 6.39. The van der Waals surface area contributed by atoms with Gasteiger partial charge in [-0.25, -0.2) is 9.07 Å². The lowest BCUT2D eigenvalue weighted by Gasteiger charge is -2.26. The average Bonchev–Trinajstić information content (AvgIpc) is 2.44. The van der Waals surface area contributed by atoms with E-state index < -0.39 is 12.1 Å². The van der Waals surface area contributed by atoms with Gasteiger partial charge in [-0.15, -0.1) is 0 Å². The Morgan fingerprint density at radius 2 is 2.25 bits per heavy atom. The topological polar surface area (TPSA) is 77.0 Å². The summed E-state index contributed by atoms with van der Waals surface area (Å²) in [6.07, 6.45) is 0.772. The van der Waals surface area contributed by atoms with Gasteiger partial charge in [0, 0.05) is 37.2 Å². The predicted molar refractivity (Wildman–Crippen MR) is 70.7 cm³/mol. The van der Waals surface area contributed by atoms with Gasteiger partial charge in [-0.3, -0.25) is 9.59 Å². The van der Waals surface area contributed by atoms with Crippen molar-refractivity contribution in [2.45, 2.75) is 18.5 Å². The number of aromatic nitrogens is 3. The third-order valence-electron chi connectivity index (χ3n) is 3.62. The number of alkyl halides is 1. The molecule has 0 unspecified atom stereocenters. The first-order chi connectivity index (χ1) is 9.58. The number of fused-ring (bicyclic) bond motifs is 1. The highest BCUT2D eigenvalue weighted by molar-refractivity contribution is 5.83. The minimum Gasteiger partial charge on any atom is -0.378 e. The number of hydrogen-bond donors (Lipinski definition) is 1. The molecule has 1 fully saturated rings. The molecule has 0 aliphatic carbocycles. The molecule has 2 aromatic rings. The minimum atomic E-state index is -1.16. The van der Waals surface area contributed by atoms with E-state index >= 15 is 0 Å². The summed E-state index contributed by atoms with van der Waals surface area (Å²) in [5, 5.41) is 4.96. The highest BCUT2D eigenvalue weighted by Crippen LogP contribution is 2.31. The summed E-state index contributed by atoms with van der Waals surface area (Å²) in [4.78, 5) is 25.9.